The van der Waals surface area contributed by atoms with Gasteiger partial charge in [0.25, 0.3) is 5.89 Å². The molecule has 0 saturated carbocycles. The van der Waals surface area contributed by atoms with Crippen LogP contribution < -0.4 is 0 Å². The molecule has 0 aromatic carbocycles. The number of hydrogen-bond acceptors (Lipinski definition) is 5. The summed E-state index contributed by atoms with van der Waals surface area (Å²) < 4.78 is 11.7. The number of piperidine rings is 1. The Bertz CT molecular complexity index is 570. The minimum absolute atomic E-state index is 0.434. The smallest absolute Gasteiger partial charge is 0.283 e. The summed E-state index contributed by atoms with van der Waals surface area (Å²) in [6.45, 7) is 7.48. The molecule has 2 aromatic heterocycles. The second-order valence-corrected chi connectivity index (χ2v) is 6.53. The maximum absolute atomic E-state index is 5.68. The van der Waals surface area contributed by atoms with Crippen molar-refractivity contribution in [1.82, 2.24) is 15.1 Å². The van der Waals surface area contributed by atoms with E-state index in [1.54, 1.807) is 0 Å². The van der Waals surface area contributed by atoms with E-state index < -0.39 is 0 Å². The molecule has 0 bridgehead atoms. The second-order valence-electron chi connectivity index (χ2n) is 5.74. The third kappa shape index (κ3) is 3.12. The quantitative estimate of drug-likeness (QED) is 0.855. The monoisotopic (exact) mass is 339 g/mol. The molecule has 1 aliphatic heterocycles. The van der Waals surface area contributed by atoms with E-state index >= 15 is 0 Å². The highest BCUT2D eigenvalue weighted by Gasteiger charge is 2.23. The summed E-state index contributed by atoms with van der Waals surface area (Å²) in [7, 11) is 0. The first-order valence-corrected chi connectivity index (χ1v) is 7.70. The fourth-order valence-corrected chi connectivity index (χ4v) is 3.27. The molecule has 2 unspecified atom stereocenters. The van der Waals surface area contributed by atoms with Gasteiger partial charge < -0.3 is 8.83 Å². The van der Waals surface area contributed by atoms with E-state index in [2.05, 4.69) is 44.9 Å². The zero-order valence-corrected chi connectivity index (χ0v) is 13.3. The third-order valence-corrected chi connectivity index (χ3v) is 3.98. The SMILES string of the molecule is CC1CC(C)CN(Cc2nnc(-c3ccc(Br)o3)o2)C1. The first-order valence-electron chi connectivity index (χ1n) is 6.90. The standard InChI is InChI=1S/C14H18BrN3O2/c1-9-5-10(2)7-18(6-9)8-13-16-17-14(20-13)11-3-4-12(15)19-11/h3-4,9-10H,5-8H2,1-2H3. The van der Waals surface area contributed by atoms with Crippen molar-refractivity contribution in [2.24, 2.45) is 11.8 Å². The average molecular weight is 340 g/mol. The largest absolute Gasteiger partial charge is 0.444 e. The molecule has 3 heterocycles. The molecule has 0 spiro atoms. The van der Waals surface area contributed by atoms with Crippen LogP contribution in [-0.4, -0.2) is 28.2 Å². The first-order chi connectivity index (χ1) is 9.60. The first kappa shape index (κ1) is 13.8. The number of furan rings is 1. The van der Waals surface area contributed by atoms with Gasteiger partial charge in [0, 0.05) is 13.1 Å². The van der Waals surface area contributed by atoms with Crippen LogP contribution in [-0.2, 0) is 6.54 Å². The zero-order chi connectivity index (χ0) is 14.1. The number of likely N-dealkylation sites (tertiary alicyclic amines) is 1. The van der Waals surface area contributed by atoms with E-state index in [4.69, 9.17) is 8.83 Å². The summed E-state index contributed by atoms with van der Waals surface area (Å²) in [6, 6.07) is 3.62. The van der Waals surface area contributed by atoms with Crippen LogP contribution in [0.2, 0.25) is 0 Å². The number of aromatic nitrogens is 2. The summed E-state index contributed by atoms with van der Waals surface area (Å²) in [5, 5.41) is 8.16. The molecule has 2 atom stereocenters. The van der Waals surface area contributed by atoms with Gasteiger partial charge in [-0.25, -0.2) is 0 Å². The minimum Gasteiger partial charge on any atom is -0.444 e. The second kappa shape index (κ2) is 5.69. The van der Waals surface area contributed by atoms with Crippen LogP contribution in [0.15, 0.2) is 25.6 Å². The summed E-state index contributed by atoms with van der Waals surface area (Å²) in [5.74, 6) is 3.12. The van der Waals surface area contributed by atoms with Crippen molar-refractivity contribution in [3.63, 3.8) is 0 Å². The van der Waals surface area contributed by atoms with Crippen LogP contribution in [0.1, 0.15) is 26.2 Å². The highest BCUT2D eigenvalue weighted by molar-refractivity contribution is 9.10. The van der Waals surface area contributed by atoms with Crippen LogP contribution in [0.25, 0.3) is 11.7 Å². The van der Waals surface area contributed by atoms with Gasteiger partial charge in [0.15, 0.2) is 10.4 Å². The van der Waals surface area contributed by atoms with Crippen LogP contribution in [0, 0.1) is 11.8 Å². The molecule has 5 nitrogen and oxygen atoms in total. The van der Waals surface area contributed by atoms with E-state index in [0.29, 0.717) is 28.8 Å². The third-order valence-electron chi connectivity index (χ3n) is 3.55. The van der Waals surface area contributed by atoms with Crippen LogP contribution >= 0.6 is 15.9 Å². The van der Waals surface area contributed by atoms with Gasteiger partial charge in [-0.2, -0.15) is 0 Å². The van der Waals surface area contributed by atoms with Crippen LogP contribution in [0.5, 0.6) is 0 Å². The molecule has 0 N–H and O–H groups in total. The number of rotatable bonds is 3. The van der Waals surface area contributed by atoms with Gasteiger partial charge in [-0.05, 0) is 46.3 Å². The number of hydrogen-bond donors (Lipinski definition) is 0. The highest BCUT2D eigenvalue weighted by Crippen LogP contribution is 2.25. The fraction of sp³-hybridized carbons (Fsp3) is 0.571. The van der Waals surface area contributed by atoms with Gasteiger partial charge in [0.05, 0.1) is 6.54 Å². The molecular formula is C14H18BrN3O2. The zero-order valence-electron chi connectivity index (χ0n) is 11.7. The van der Waals surface area contributed by atoms with E-state index in [-0.39, 0.29) is 0 Å². The lowest BCUT2D eigenvalue weighted by Crippen LogP contribution is -2.38. The van der Waals surface area contributed by atoms with Crippen molar-refractivity contribution in [3.8, 4) is 11.7 Å². The molecule has 0 amide bonds. The molecular weight excluding hydrogens is 322 g/mol. The Morgan fingerprint density at radius 1 is 1.20 bits per heavy atom. The molecule has 108 valence electrons. The van der Waals surface area contributed by atoms with Gasteiger partial charge >= 0.3 is 0 Å². The Morgan fingerprint density at radius 3 is 2.60 bits per heavy atom. The molecule has 6 heteroatoms. The maximum Gasteiger partial charge on any atom is 0.283 e. The van der Waals surface area contributed by atoms with E-state index in [9.17, 15) is 0 Å². The van der Waals surface area contributed by atoms with E-state index in [1.165, 1.54) is 6.42 Å². The van der Waals surface area contributed by atoms with Gasteiger partial charge in [-0.15, -0.1) is 10.2 Å². The van der Waals surface area contributed by atoms with Crippen molar-refractivity contribution in [3.05, 3.63) is 22.7 Å². The van der Waals surface area contributed by atoms with Crippen LogP contribution in [0.4, 0.5) is 0 Å². The Labute approximate surface area is 126 Å². The summed E-state index contributed by atoms with van der Waals surface area (Å²) in [6.07, 6.45) is 1.30. The molecule has 2 aromatic rings. The normalized spacial score (nSPS) is 24.1. The molecule has 1 fully saturated rings. The molecule has 20 heavy (non-hydrogen) atoms. The predicted octanol–water partition coefficient (Wildman–Crippen LogP) is 3.57. The summed E-state index contributed by atoms with van der Waals surface area (Å²) in [5.41, 5.74) is 0. The maximum atomic E-state index is 5.68. The van der Waals surface area contributed by atoms with Gasteiger partial charge in [0.2, 0.25) is 5.89 Å². The van der Waals surface area contributed by atoms with Crippen molar-refractivity contribution < 1.29 is 8.83 Å². The average Bonchev–Trinajstić information content (AvgIpc) is 2.96. The highest BCUT2D eigenvalue weighted by atomic mass is 79.9. The number of halogens is 1. The van der Waals surface area contributed by atoms with Gasteiger partial charge in [-0.3, -0.25) is 4.90 Å². The molecule has 0 radical (unpaired) electrons. The fourth-order valence-electron chi connectivity index (χ4n) is 2.96. The Balaban J connectivity index is 1.68. The lowest BCUT2D eigenvalue weighted by Gasteiger charge is -2.33. The molecule has 3 rings (SSSR count). The number of nitrogens with zero attached hydrogens (tertiary/aromatic N) is 3. The lowest BCUT2D eigenvalue weighted by atomic mass is 9.92. The minimum atomic E-state index is 0.434. The topological polar surface area (TPSA) is 55.3 Å². The molecule has 1 aliphatic rings. The van der Waals surface area contributed by atoms with Crippen molar-refractivity contribution in [1.29, 1.82) is 0 Å². The van der Waals surface area contributed by atoms with E-state index in [0.717, 1.165) is 24.9 Å². The lowest BCUT2D eigenvalue weighted by molar-refractivity contribution is 0.124. The van der Waals surface area contributed by atoms with Gasteiger partial charge in [-0.1, -0.05) is 13.8 Å². The Hall–Kier alpha value is -1.14. The van der Waals surface area contributed by atoms with Crippen molar-refractivity contribution >= 4 is 15.9 Å². The van der Waals surface area contributed by atoms with Crippen molar-refractivity contribution in [2.75, 3.05) is 13.1 Å². The Kier molecular flexibility index (Phi) is 3.94. The Morgan fingerprint density at radius 2 is 1.95 bits per heavy atom. The predicted molar refractivity (Wildman–Crippen MR) is 77.9 cm³/mol. The van der Waals surface area contributed by atoms with E-state index in [1.807, 2.05) is 12.1 Å². The molecule has 1 saturated heterocycles. The van der Waals surface area contributed by atoms with Crippen molar-refractivity contribution in [2.45, 2.75) is 26.8 Å². The van der Waals surface area contributed by atoms with Gasteiger partial charge in [0.1, 0.15) is 0 Å². The summed E-state index contributed by atoms with van der Waals surface area (Å²) in [4.78, 5) is 2.38. The van der Waals surface area contributed by atoms with Crippen LogP contribution in [0.3, 0.4) is 0 Å². The summed E-state index contributed by atoms with van der Waals surface area (Å²) >= 11 is 3.26. The molecule has 0 aliphatic carbocycles.